The maximum absolute atomic E-state index is 12.9. The van der Waals surface area contributed by atoms with Gasteiger partial charge in [0.2, 0.25) is 0 Å². The highest BCUT2D eigenvalue weighted by molar-refractivity contribution is 5.99. The quantitative estimate of drug-likeness (QED) is 0.645. The fourth-order valence-electron chi connectivity index (χ4n) is 3.69. The third-order valence-corrected chi connectivity index (χ3v) is 5.28. The van der Waals surface area contributed by atoms with E-state index in [2.05, 4.69) is 20.7 Å². The maximum Gasteiger partial charge on any atom is 0.416 e. The summed E-state index contributed by atoms with van der Waals surface area (Å²) in [7, 11) is 0. The molecule has 2 heterocycles. The van der Waals surface area contributed by atoms with Gasteiger partial charge in [-0.15, -0.1) is 0 Å². The van der Waals surface area contributed by atoms with E-state index < -0.39 is 11.7 Å². The van der Waals surface area contributed by atoms with Crippen molar-refractivity contribution in [3.8, 4) is 0 Å². The Labute approximate surface area is 171 Å². The molecular weight excluding hydrogens is 395 g/mol. The van der Waals surface area contributed by atoms with Crippen LogP contribution >= 0.6 is 0 Å². The number of amides is 1. The fraction of sp³-hybridized carbons (Fsp3) is 0.381. The predicted molar refractivity (Wildman–Crippen MR) is 106 cm³/mol. The molecule has 0 atom stereocenters. The lowest BCUT2D eigenvalue weighted by Crippen LogP contribution is -2.36. The van der Waals surface area contributed by atoms with Crippen molar-refractivity contribution >= 4 is 17.4 Å². The number of nitrogens with zero attached hydrogens (tertiary/aromatic N) is 3. The average Bonchev–Trinajstić information content (AvgIpc) is 3.16. The number of alkyl halides is 3. The largest absolute Gasteiger partial charge is 0.416 e. The van der Waals surface area contributed by atoms with E-state index >= 15 is 0 Å². The van der Waals surface area contributed by atoms with Crippen LogP contribution in [0.4, 0.5) is 19.0 Å². The van der Waals surface area contributed by atoms with Crippen molar-refractivity contribution in [2.75, 3.05) is 5.32 Å². The highest BCUT2D eigenvalue weighted by Crippen LogP contribution is 2.29. The minimum absolute atomic E-state index is 0.170. The summed E-state index contributed by atoms with van der Waals surface area (Å²) in [6.07, 6.45) is 4.13. The van der Waals surface area contributed by atoms with Crippen LogP contribution in [0.3, 0.4) is 0 Å². The summed E-state index contributed by atoms with van der Waals surface area (Å²) in [5.74, 6) is 0.242. The molecule has 9 heteroatoms. The van der Waals surface area contributed by atoms with E-state index in [1.54, 1.807) is 18.3 Å². The van der Waals surface area contributed by atoms with Crippen molar-refractivity contribution in [1.29, 1.82) is 0 Å². The van der Waals surface area contributed by atoms with Crippen LogP contribution in [0.15, 0.2) is 42.7 Å². The van der Waals surface area contributed by atoms with Crippen molar-refractivity contribution in [1.82, 2.24) is 19.9 Å². The molecule has 1 aliphatic carbocycles. The van der Waals surface area contributed by atoms with Crippen LogP contribution in [0.1, 0.15) is 53.6 Å². The second-order valence-electron chi connectivity index (χ2n) is 7.50. The molecule has 6 nitrogen and oxygen atoms in total. The Kier molecular flexibility index (Phi) is 5.61. The van der Waals surface area contributed by atoms with Gasteiger partial charge in [-0.05, 0) is 36.6 Å². The molecule has 3 aromatic rings. The second kappa shape index (κ2) is 8.33. The summed E-state index contributed by atoms with van der Waals surface area (Å²) in [5, 5.41) is 10.2. The maximum atomic E-state index is 12.9. The number of rotatable bonds is 5. The van der Waals surface area contributed by atoms with Gasteiger partial charge in [0.05, 0.1) is 11.8 Å². The summed E-state index contributed by atoms with van der Waals surface area (Å²) in [5.41, 5.74) is 0.568. The van der Waals surface area contributed by atoms with Gasteiger partial charge >= 0.3 is 6.18 Å². The number of benzene rings is 1. The van der Waals surface area contributed by atoms with Crippen LogP contribution in [-0.4, -0.2) is 26.5 Å². The molecule has 1 saturated carbocycles. The number of carbonyl (C=O) groups excluding carboxylic acids is 1. The van der Waals surface area contributed by atoms with Gasteiger partial charge in [0.1, 0.15) is 11.4 Å². The number of carbonyl (C=O) groups is 1. The van der Waals surface area contributed by atoms with Gasteiger partial charge in [-0.25, -0.2) is 9.50 Å². The summed E-state index contributed by atoms with van der Waals surface area (Å²) in [6.45, 7) is 0.171. The predicted octanol–water partition coefficient (Wildman–Crippen LogP) is 4.42. The van der Waals surface area contributed by atoms with E-state index in [9.17, 15) is 18.0 Å². The molecule has 1 fully saturated rings. The number of halogens is 3. The zero-order chi connectivity index (χ0) is 21.1. The smallest absolute Gasteiger partial charge is 0.366 e. The molecule has 2 N–H and O–H groups in total. The van der Waals surface area contributed by atoms with Crippen LogP contribution < -0.4 is 10.6 Å². The van der Waals surface area contributed by atoms with E-state index in [1.807, 2.05) is 0 Å². The number of nitrogens with one attached hydrogen (secondary N) is 2. The average molecular weight is 417 g/mol. The Bertz CT molecular complexity index is 1040. The van der Waals surface area contributed by atoms with E-state index in [0.717, 1.165) is 37.8 Å². The molecule has 0 spiro atoms. The van der Waals surface area contributed by atoms with Crippen molar-refractivity contribution in [3.05, 3.63) is 59.4 Å². The molecule has 1 aromatic carbocycles. The molecular formula is C21H22F3N5O. The van der Waals surface area contributed by atoms with Gasteiger partial charge in [-0.3, -0.25) is 4.79 Å². The summed E-state index contributed by atoms with van der Waals surface area (Å²) >= 11 is 0. The fourth-order valence-corrected chi connectivity index (χ4v) is 3.69. The van der Waals surface area contributed by atoms with Gasteiger partial charge in [-0.1, -0.05) is 31.4 Å². The summed E-state index contributed by atoms with van der Waals surface area (Å²) in [6, 6.07) is 6.97. The normalized spacial score (nSPS) is 15.3. The van der Waals surface area contributed by atoms with Crippen molar-refractivity contribution in [3.63, 3.8) is 0 Å². The first-order valence-corrected chi connectivity index (χ1v) is 9.95. The molecule has 2 aromatic heterocycles. The van der Waals surface area contributed by atoms with E-state index in [4.69, 9.17) is 0 Å². The molecule has 1 amide bonds. The van der Waals surface area contributed by atoms with Gasteiger partial charge in [0, 0.05) is 18.8 Å². The van der Waals surface area contributed by atoms with E-state index in [1.165, 1.54) is 23.2 Å². The molecule has 1 aliphatic rings. The van der Waals surface area contributed by atoms with Crippen LogP contribution in [0.2, 0.25) is 0 Å². The SMILES string of the molecule is O=C(NC1CCCCC1)c1cnn2ccc(NCc3cccc(C(F)(F)F)c3)nc12. The standard InChI is InChI=1S/C21H22F3N5O/c22-21(23,24)15-6-4-5-14(11-15)12-25-18-9-10-29-19(28-18)17(13-26-29)20(30)27-16-7-2-1-3-8-16/h4-6,9-11,13,16H,1-3,7-8,12H2,(H,25,28)(H,27,30). The van der Waals surface area contributed by atoms with Gasteiger partial charge in [-0.2, -0.15) is 18.3 Å². The molecule has 30 heavy (non-hydrogen) atoms. The Hall–Kier alpha value is -3.10. The lowest BCUT2D eigenvalue weighted by Gasteiger charge is -2.22. The lowest BCUT2D eigenvalue weighted by atomic mass is 9.95. The third-order valence-electron chi connectivity index (χ3n) is 5.28. The molecule has 0 saturated heterocycles. The number of fused-ring (bicyclic) bond motifs is 1. The molecule has 0 unspecified atom stereocenters. The number of hydrogen-bond donors (Lipinski definition) is 2. The minimum Gasteiger partial charge on any atom is -0.366 e. The Morgan fingerprint density at radius 1 is 1.17 bits per heavy atom. The molecule has 4 rings (SSSR count). The second-order valence-corrected chi connectivity index (χ2v) is 7.50. The van der Waals surface area contributed by atoms with Crippen molar-refractivity contribution in [2.45, 2.75) is 50.9 Å². The number of hydrogen-bond acceptors (Lipinski definition) is 4. The Morgan fingerprint density at radius 2 is 1.97 bits per heavy atom. The minimum atomic E-state index is -4.38. The Balaban J connectivity index is 1.48. The zero-order valence-corrected chi connectivity index (χ0v) is 16.2. The molecule has 0 aliphatic heterocycles. The van der Waals surface area contributed by atoms with Gasteiger partial charge in [0.25, 0.3) is 5.91 Å². The molecule has 0 bridgehead atoms. The van der Waals surface area contributed by atoms with Crippen molar-refractivity contribution < 1.29 is 18.0 Å². The highest BCUT2D eigenvalue weighted by Gasteiger charge is 2.30. The highest BCUT2D eigenvalue weighted by atomic mass is 19.4. The molecule has 0 radical (unpaired) electrons. The van der Waals surface area contributed by atoms with Crippen LogP contribution in [0.5, 0.6) is 0 Å². The first-order chi connectivity index (χ1) is 14.4. The Morgan fingerprint density at radius 3 is 2.73 bits per heavy atom. The number of aromatic nitrogens is 3. The van der Waals surface area contributed by atoms with E-state index in [0.29, 0.717) is 22.6 Å². The zero-order valence-electron chi connectivity index (χ0n) is 16.2. The third kappa shape index (κ3) is 4.55. The topological polar surface area (TPSA) is 71.3 Å². The lowest BCUT2D eigenvalue weighted by molar-refractivity contribution is -0.137. The first-order valence-electron chi connectivity index (χ1n) is 9.95. The van der Waals surface area contributed by atoms with E-state index in [-0.39, 0.29) is 18.5 Å². The van der Waals surface area contributed by atoms with Crippen LogP contribution in [0, 0.1) is 0 Å². The summed E-state index contributed by atoms with van der Waals surface area (Å²) in [4.78, 5) is 17.1. The van der Waals surface area contributed by atoms with Crippen LogP contribution in [-0.2, 0) is 12.7 Å². The first kappa shape index (κ1) is 20.2. The molecule has 158 valence electrons. The van der Waals surface area contributed by atoms with Gasteiger partial charge < -0.3 is 10.6 Å². The van der Waals surface area contributed by atoms with Crippen molar-refractivity contribution in [2.24, 2.45) is 0 Å². The van der Waals surface area contributed by atoms with Gasteiger partial charge in [0.15, 0.2) is 5.65 Å². The summed E-state index contributed by atoms with van der Waals surface area (Å²) < 4.78 is 40.1. The monoisotopic (exact) mass is 417 g/mol. The number of anilines is 1. The van der Waals surface area contributed by atoms with Crippen LogP contribution in [0.25, 0.3) is 5.65 Å².